The van der Waals surface area contributed by atoms with Crippen LogP contribution in [0.4, 0.5) is 15.8 Å². The van der Waals surface area contributed by atoms with Crippen LogP contribution in [-0.2, 0) is 0 Å². The standard InChI is InChI=1S/C10H12FN3O2/c11-9-5-7(1-2-10(9)14(15)16)13-8-3-6(12)4-8/h1-2,5-6,8,13H,3-4,12H2. The second kappa shape index (κ2) is 4.05. The molecule has 0 heterocycles. The van der Waals surface area contributed by atoms with Crippen LogP contribution in [0, 0.1) is 15.9 Å². The number of anilines is 1. The Balaban J connectivity index is 2.06. The lowest BCUT2D eigenvalue weighted by atomic mass is 9.87. The number of nitro groups is 1. The van der Waals surface area contributed by atoms with Crippen LogP contribution in [0.5, 0.6) is 0 Å². The van der Waals surface area contributed by atoms with Crippen LogP contribution in [0.25, 0.3) is 0 Å². The topological polar surface area (TPSA) is 81.2 Å². The van der Waals surface area contributed by atoms with Gasteiger partial charge in [-0.3, -0.25) is 10.1 Å². The van der Waals surface area contributed by atoms with Crippen molar-refractivity contribution < 1.29 is 9.31 Å². The van der Waals surface area contributed by atoms with Gasteiger partial charge in [0.05, 0.1) is 4.92 Å². The molecule has 1 saturated carbocycles. The number of nitrogens with two attached hydrogens (primary N) is 1. The Morgan fingerprint density at radius 3 is 2.69 bits per heavy atom. The van der Waals surface area contributed by atoms with Crippen molar-refractivity contribution in [3.05, 3.63) is 34.1 Å². The number of rotatable bonds is 3. The number of hydrogen-bond acceptors (Lipinski definition) is 4. The molecule has 1 aliphatic rings. The third-order valence-electron chi connectivity index (χ3n) is 2.69. The van der Waals surface area contributed by atoms with E-state index in [4.69, 9.17) is 5.73 Å². The van der Waals surface area contributed by atoms with E-state index >= 15 is 0 Å². The predicted molar refractivity (Wildman–Crippen MR) is 57.7 cm³/mol. The zero-order valence-electron chi connectivity index (χ0n) is 8.52. The Labute approximate surface area is 91.6 Å². The minimum Gasteiger partial charge on any atom is -0.382 e. The van der Waals surface area contributed by atoms with Crippen molar-refractivity contribution in [1.82, 2.24) is 0 Å². The zero-order chi connectivity index (χ0) is 11.7. The molecule has 0 bridgehead atoms. The molecule has 1 aliphatic carbocycles. The fourth-order valence-electron chi connectivity index (χ4n) is 1.76. The first kappa shape index (κ1) is 10.8. The summed E-state index contributed by atoms with van der Waals surface area (Å²) in [7, 11) is 0. The first-order valence-electron chi connectivity index (χ1n) is 5.02. The van der Waals surface area contributed by atoms with Crippen LogP contribution in [0.3, 0.4) is 0 Å². The Morgan fingerprint density at radius 2 is 2.19 bits per heavy atom. The van der Waals surface area contributed by atoms with Gasteiger partial charge in [-0.1, -0.05) is 0 Å². The summed E-state index contributed by atoms with van der Waals surface area (Å²) in [6, 6.07) is 4.26. The van der Waals surface area contributed by atoms with E-state index in [1.807, 2.05) is 0 Å². The molecule has 2 rings (SSSR count). The summed E-state index contributed by atoms with van der Waals surface area (Å²) in [5.74, 6) is -0.821. The van der Waals surface area contributed by atoms with Crippen LogP contribution in [0.2, 0.25) is 0 Å². The van der Waals surface area contributed by atoms with Crippen molar-refractivity contribution in [2.45, 2.75) is 24.9 Å². The molecule has 86 valence electrons. The van der Waals surface area contributed by atoms with Crippen LogP contribution < -0.4 is 11.1 Å². The molecule has 5 nitrogen and oxygen atoms in total. The van der Waals surface area contributed by atoms with Crippen molar-refractivity contribution in [3.63, 3.8) is 0 Å². The molecule has 0 atom stereocenters. The molecule has 3 N–H and O–H groups in total. The van der Waals surface area contributed by atoms with Gasteiger partial charge in [-0.25, -0.2) is 0 Å². The molecule has 1 fully saturated rings. The number of nitro benzene ring substituents is 1. The molecule has 16 heavy (non-hydrogen) atoms. The zero-order valence-corrected chi connectivity index (χ0v) is 8.52. The monoisotopic (exact) mass is 225 g/mol. The minimum atomic E-state index is -0.821. The second-order valence-electron chi connectivity index (χ2n) is 4.00. The van der Waals surface area contributed by atoms with Gasteiger partial charge in [-0.2, -0.15) is 4.39 Å². The highest BCUT2D eigenvalue weighted by Crippen LogP contribution is 2.25. The van der Waals surface area contributed by atoms with Crippen LogP contribution in [-0.4, -0.2) is 17.0 Å². The van der Waals surface area contributed by atoms with E-state index in [0.717, 1.165) is 25.0 Å². The molecule has 0 amide bonds. The molecule has 0 aliphatic heterocycles. The fourth-order valence-corrected chi connectivity index (χ4v) is 1.76. The first-order valence-corrected chi connectivity index (χ1v) is 5.02. The van der Waals surface area contributed by atoms with Crippen molar-refractivity contribution in [2.24, 2.45) is 5.73 Å². The number of nitrogens with one attached hydrogen (secondary N) is 1. The molecular weight excluding hydrogens is 213 g/mol. The van der Waals surface area contributed by atoms with Gasteiger partial charge in [-0.15, -0.1) is 0 Å². The summed E-state index contributed by atoms with van der Waals surface area (Å²) >= 11 is 0. The van der Waals surface area contributed by atoms with Crippen LogP contribution >= 0.6 is 0 Å². The van der Waals surface area contributed by atoms with E-state index in [1.54, 1.807) is 0 Å². The number of halogens is 1. The number of nitrogens with zero attached hydrogens (tertiary/aromatic N) is 1. The van der Waals surface area contributed by atoms with E-state index in [-0.39, 0.29) is 12.1 Å². The molecule has 1 aromatic carbocycles. The van der Waals surface area contributed by atoms with E-state index in [0.29, 0.717) is 5.69 Å². The van der Waals surface area contributed by atoms with Gasteiger partial charge in [0.1, 0.15) is 0 Å². The highest BCUT2D eigenvalue weighted by atomic mass is 19.1. The van der Waals surface area contributed by atoms with Crippen molar-refractivity contribution in [1.29, 1.82) is 0 Å². The summed E-state index contributed by atoms with van der Waals surface area (Å²) in [6.07, 6.45) is 1.69. The summed E-state index contributed by atoms with van der Waals surface area (Å²) in [5, 5.41) is 13.5. The lowest BCUT2D eigenvalue weighted by Gasteiger charge is -2.33. The van der Waals surface area contributed by atoms with Gasteiger partial charge < -0.3 is 11.1 Å². The lowest BCUT2D eigenvalue weighted by molar-refractivity contribution is -0.387. The van der Waals surface area contributed by atoms with Gasteiger partial charge in [0.2, 0.25) is 5.82 Å². The Morgan fingerprint density at radius 1 is 1.50 bits per heavy atom. The summed E-state index contributed by atoms with van der Waals surface area (Å²) in [6.45, 7) is 0. The second-order valence-corrected chi connectivity index (χ2v) is 4.00. The molecule has 0 unspecified atom stereocenters. The third kappa shape index (κ3) is 2.11. The Bertz CT molecular complexity index is 419. The molecule has 0 saturated heterocycles. The average molecular weight is 225 g/mol. The maximum atomic E-state index is 13.2. The summed E-state index contributed by atoms with van der Waals surface area (Å²) in [4.78, 5) is 9.66. The first-order chi connectivity index (χ1) is 7.56. The minimum absolute atomic E-state index is 0.209. The highest BCUT2D eigenvalue weighted by Gasteiger charge is 2.26. The van der Waals surface area contributed by atoms with Gasteiger partial charge in [-0.05, 0) is 18.9 Å². The predicted octanol–water partition coefficient (Wildman–Crippen LogP) is 1.64. The fraction of sp³-hybridized carbons (Fsp3) is 0.400. The van der Waals surface area contributed by atoms with Crippen LogP contribution in [0.15, 0.2) is 18.2 Å². The molecule has 0 radical (unpaired) electrons. The Kier molecular flexibility index (Phi) is 2.74. The maximum Gasteiger partial charge on any atom is 0.304 e. The Hall–Kier alpha value is -1.69. The highest BCUT2D eigenvalue weighted by molar-refractivity contribution is 5.50. The average Bonchev–Trinajstić information content (AvgIpc) is 2.15. The molecule has 0 aromatic heterocycles. The maximum absolute atomic E-state index is 13.2. The summed E-state index contributed by atoms with van der Waals surface area (Å²) in [5.41, 5.74) is 5.66. The van der Waals surface area contributed by atoms with Crippen molar-refractivity contribution in [3.8, 4) is 0 Å². The van der Waals surface area contributed by atoms with E-state index in [1.165, 1.54) is 6.07 Å². The van der Waals surface area contributed by atoms with E-state index in [2.05, 4.69) is 5.32 Å². The number of benzene rings is 1. The van der Waals surface area contributed by atoms with Crippen molar-refractivity contribution in [2.75, 3.05) is 5.32 Å². The van der Waals surface area contributed by atoms with E-state index < -0.39 is 16.4 Å². The molecule has 6 heteroatoms. The van der Waals surface area contributed by atoms with Gasteiger partial charge in [0.25, 0.3) is 0 Å². The van der Waals surface area contributed by atoms with E-state index in [9.17, 15) is 14.5 Å². The molecule has 1 aromatic rings. The van der Waals surface area contributed by atoms with Gasteiger partial charge in [0, 0.05) is 29.9 Å². The van der Waals surface area contributed by atoms with Crippen molar-refractivity contribution >= 4 is 11.4 Å². The lowest BCUT2D eigenvalue weighted by Crippen LogP contribution is -2.44. The quantitative estimate of drug-likeness (QED) is 0.605. The molecular formula is C10H12FN3O2. The SMILES string of the molecule is NC1CC(Nc2ccc([N+](=O)[O-])c(F)c2)C1. The van der Waals surface area contributed by atoms with Gasteiger partial charge >= 0.3 is 5.69 Å². The van der Waals surface area contributed by atoms with Crippen LogP contribution in [0.1, 0.15) is 12.8 Å². The third-order valence-corrected chi connectivity index (χ3v) is 2.69. The van der Waals surface area contributed by atoms with Gasteiger partial charge in [0.15, 0.2) is 0 Å². The normalized spacial score (nSPS) is 23.6. The summed E-state index contributed by atoms with van der Waals surface area (Å²) < 4.78 is 13.2. The largest absolute Gasteiger partial charge is 0.382 e. The molecule has 0 spiro atoms. The number of hydrogen-bond donors (Lipinski definition) is 2. The smallest absolute Gasteiger partial charge is 0.304 e.